The Hall–Kier alpha value is -1.82. The quantitative estimate of drug-likeness (QED) is 0.347. The zero-order chi connectivity index (χ0) is 22.1. The van der Waals surface area contributed by atoms with Gasteiger partial charge in [-0.3, -0.25) is 0 Å². The Morgan fingerprint density at radius 2 is 1.77 bits per heavy atom. The Morgan fingerprint density at radius 3 is 2.48 bits per heavy atom. The van der Waals surface area contributed by atoms with Crippen LogP contribution in [0.2, 0.25) is 18.1 Å². The second kappa shape index (κ2) is 11.7. The number of nitrogens with one attached hydrogen (secondary N) is 1. The molecule has 0 saturated carbocycles. The van der Waals surface area contributed by atoms with Crippen molar-refractivity contribution in [1.29, 1.82) is 0 Å². The summed E-state index contributed by atoms with van der Waals surface area (Å²) in [6.45, 7) is 8.18. The Kier molecular flexibility index (Phi) is 8.99. The fourth-order valence-electron chi connectivity index (χ4n) is 4.62. The molecular formula is C26H39NO3Si. The second-order valence-corrected chi connectivity index (χ2v) is 13.5. The molecule has 2 aromatic rings. The Labute approximate surface area is 189 Å². The molecule has 2 aromatic carbocycles. The number of benzene rings is 2. The number of phenolic OH excluding ortho intramolecular Hbond substituents is 1. The standard InChI is InChI=1S/C26H39NO3Si/c1-4-31(5-2,6-3)30-26(20-29-25-13-8-7-9-14-25)19-27-23-12-10-11-21-15-16-24(28)18-22(21)17-23/h7-9,13-16,18,23,26-28H,4-6,10-12,17,19-20H2,1-3H3/t23?,26-/m0/s1. The first kappa shape index (κ1) is 23.8. The van der Waals surface area contributed by atoms with E-state index >= 15 is 0 Å². The lowest BCUT2D eigenvalue weighted by Crippen LogP contribution is -2.47. The summed E-state index contributed by atoms with van der Waals surface area (Å²) in [5.41, 5.74) is 2.64. The number of hydrogen-bond donors (Lipinski definition) is 2. The molecule has 1 aliphatic carbocycles. The number of aryl methyl sites for hydroxylation is 1. The molecule has 0 bridgehead atoms. The van der Waals surface area contributed by atoms with Gasteiger partial charge in [-0.2, -0.15) is 0 Å². The summed E-state index contributed by atoms with van der Waals surface area (Å²) in [5, 5.41) is 13.7. The van der Waals surface area contributed by atoms with Crippen molar-refractivity contribution in [2.45, 2.75) is 76.7 Å². The van der Waals surface area contributed by atoms with Crippen LogP contribution in [0.25, 0.3) is 0 Å². The number of rotatable bonds is 11. The molecule has 0 aromatic heterocycles. The van der Waals surface area contributed by atoms with Gasteiger partial charge in [0.25, 0.3) is 0 Å². The van der Waals surface area contributed by atoms with Gasteiger partial charge in [0.1, 0.15) is 18.1 Å². The number of aromatic hydroxyl groups is 1. The maximum absolute atomic E-state index is 9.92. The number of fused-ring (bicyclic) bond motifs is 1. The molecule has 2 atom stereocenters. The molecule has 0 saturated heterocycles. The lowest BCUT2D eigenvalue weighted by atomic mass is 10.0. The van der Waals surface area contributed by atoms with E-state index in [-0.39, 0.29) is 6.10 Å². The van der Waals surface area contributed by atoms with E-state index in [1.807, 2.05) is 42.5 Å². The van der Waals surface area contributed by atoms with E-state index in [1.165, 1.54) is 17.5 Å². The Morgan fingerprint density at radius 1 is 1.03 bits per heavy atom. The highest BCUT2D eigenvalue weighted by atomic mass is 28.4. The molecule has 0 spiro atoms. The van der Waals surface area contributed by atoms with Crippen molar-refractivity contribution < 1.29 is 14.3 Å². The summed E-state index contributed by atoms with van der Waals surface area (Å²) < 4.78 is 12.9. The van der Waals surface area contributed by atoms with Crippen LogP contribution in [0.5, 0.6) is 11.5 Å². The van der Waals surface area contributed by atoms with E-state index in [9.17, 15) is 5.11 Å². The van der Waals surface area contributed by atoms with Crippen LogP contribution in [0.4, 0.5) is 0 Å². The van der Waals surface area contributed by atoms with E-state index in [0.29, 0.717) is 18.4 Å². The maximum Gasteiger partial charge on any atom is 0.192 e. The lowest BCUT2D eigenvalue weighted by Gasteiger charge is -2.34. The molecule has 1 aliphatic rings. The minimum absolute atomic E-state index is 0.0404. The fourth-order valence-corrected chi connectivity index (χ4v) is 7.48. The van der Waals surface area contributed by atoms with Gasteiger partial charge < -0.3 is 19.6 Å². The largest absolute Gasteiger partial charge is 0.508 e. The van der Waals surface area contributed by atoms with Crippen LogP contribution >= 0.6 is 0 Å². The van der Waals surface area contributed by atoms with Gasteiger partial charge in [0.15, 0.2) is 8.32 Å². The summed E-state index contributed by atoms with van der Waals surface area (Å²) in [7, 11) is -1.73. The summed E-state index contributed by atoms with van der Waals surface area (Å²) >= 11 is 0. The normalized spacial score (nSPS) is 17.6. The van der Waals surface area contributed by atoms with Gasteiger partial charge in [-0.15, -0.1) is 0 Å². The summed E-state index contributed by atoms with van der Waals surface area (Å²) in [6.07, 6.45) is 4.38. The first-order valence-electron chi connectivity index (χ1n) is 12.0. The van der Waals surface area contributed by atoms with Gasteiger partial charge in [0, 0.05) is 12.6 Å². The average Bonchev–Trinajstić information content (AvgIpc) is 3.01. The molecule has 5 heteroatoms. The summed E-state index contributed by atoms with van der Waals surface area (Å²) in [6, 6.07) is 19.7. The number of ether oxygens (including phenoxy) is 1. The molecule has 2 N–H and O–H groups in total. The van der Waals surface area contributed by atoms with E-state index < -0.39 is 8.32 Å². The third-order valence-electron chi connectivity index (χ3n) is 6.82. The maximum atomic E-state index is 9.92. The smallest absolute Gasteiger partial charge is 0.192 e. The summed E-state index contributed by atoms with van der Waals surface area (Å²) in [4.78, 5) is 0. The van der Waals surface area contributed by atoms with E-state index in [4.69, 9.17) is 9.16 Å². The SMILES string of the molecule is CC[Si](CC)(CC)O[C@@H](CNC1CCCc2ccc(O)cc2C1)COc1ccccc1. The minimum Gasteiger partial charge on any atom is -0.508 e. The van der Waals surface area contributed by atoms with Gasteiger partial charge >= 0.3 is 0 Å². The molecule has 31 heavy (non-hydrogen) atoms. The van der Waals surface area contributed by atoms with Gasteiger partial charge in [0.05, 0.1) is 6.10 Å². The van der Waals surface area contributed by atoms with E-state index in [1.54, 1.807) is 0 Å². The highest BCUT2D eigenvalue weighted by Gasteiger charge is 2.32. The molecule has 4 nitrogen and oxygen atoms in total. The van der Waals surface area contributed by atoms with Crippen molar-refractivity contribution in [3.05, 3.63) is 59.7 Å². The van der Waals surface area contributed by atoms with Crippen LogP contribution in [-0.4, -0.2) is 38.7 Å². The lowest BCUT2D eigenvalue weighted by molar-refractivity contribution is 0.113. The predicted octanol–water partition coefficient (Wildman–Crippen LogP) is 5.70. The van der Waals surface area contributed by atoms with Crippen molar-refractivity contribution in [1.82, 2.24) is 5.32 Å². The van der Waals surface area contributed by atoms with Crippen LogP contribution in [0.1, 0.15) is 44.7 Å². The van der Waals surface area contributed by atoms with Crippen molar-refractivity contribution in [3.63, 3.8) is 0 Å². The van der Waals surface area contributed by atoms with Crippen LogP contribution in [0.3, 0.4) is 0 Å². The van der Waals surface area contributed by atoms with Gasteiger partial charge in [-0.1, -0.05) is 45.0 Å². The van der Waals surface area contributed by atoms with E-state index in [2.05, 4.69) is 32.2 Å². The molecule has 0 radical (unpaired) electrons. The van der Waals surface area contributed by atoms with Gasteiger partial charge in [-0.25, -0.2) is 0 Å². The zero-order valence-corrected chi connectivity index (χ0v) is 20.4. The highest BCUT2D eigenvalue weighted by molar-refractivity contribution is 6.73. The van der Waals surface area contributed by atoms with Crippen LogP contribution in [0, 0.1) is 0 Å². The fraction of sp³-hybridized carbons (Fsp3) is 0.538. The third kappa shape index (κ3) is 6.83. The molecule has 0 aliphatic heterocycles. The van der Waals surface area contributed by atoms with Crippen molar-refractivity contribution in [2.24, 2.45) is 0 Å². The van der Waals surface area contributed by atoms with Gasteiger partial charge in [0.2, 0.25) is 0 Å². The Balaban J connectivity index is 1.65. The average molecular weight is 442 g/mol. The molecule has 0 amide bonds. The van der Waals surface area contributed by atoms with Crippen LogP contribution < -0.4 is 10.1 Å². The predicted molar refractivity (Wildman–Crippen MR) is 131 cm³/mol. The summed E-state index contributed by atoms with van der Waals surface area (Å²) in [5.74, 6) is 1.26. The number of phenols is 1. The topological polar surface area (TPSA) is 50.7 Å². The molecule has 1 unspecified atom stereocenters. The van der Waals surface area contributed by atoms with Crippen molar-refractivity contribution in [2.75, 3.05) is 13.2 Å². The van der Waals surface area contributed by atoms with Crippen LogP contribution in [0.15, 0.2) is 48.5 Å². The van der Waals surface area contributed by atoms with Crippen molar-refractivity contribution in [3.8, 4) is 11.5 Å². The monoisotopic (exact) mass is 441 g/mol. The van der Waals surface area contributed by atoms with Crippen LogP contribution in [-0.2, 0) is 17.3 Å². The molecular weight excluding hydrogens is 402 g/mol. The molecule has 3 rings (SSSR count). The number of hydrogen-bond acceptors (Lipinski definition) is 4. The second-order valence-electron chi connectivity index (χ2n) is 8.76. The highest BCUT2D eigenvalue weighted by Crippen LogP contribution is 2.26. The first-order valence-corrected chi connectivity index (χ1v) is 14.5. The third-order valence-corrected chi connectivity index (χ3v) is 11.5. The molecule has 0 heterocycles. The minimum atomic E-state index is -1.73. The van der Waals surface area contributed by atoms with Gasteiger partial charge in [-0.05, 0) is 79.2 Å². The number of para-hydroxylation sites is 1. The van der Waals surface area contributed by atoms with E-state index in [0.717, 1.165) is 49.7 Å². The molecule has 0 fully saturated rings. The molecule has 170 valence electrons. The Bertz CT molecular complexity index is 786. The van der Waals surface area contributed by atoms with Crippen molar-refractivity contribution >= 4 is 8.32 Å². The zero-order valence-electron chi connectivity index (χ0n) is 19.4. The first-order chi connectivity index (χ1) is 15.1.